The number of amides is 1. The maximum Gasteiger partial charge on any atom is 0.416 e. The van der Waals surface area contributed by atoms with Crippen LogP contribution in [0.15, 0.2) is 47.8 Å². The highest BCUT2D eigenvalue weighted by molar-refractivity contribution is 7.91. The van der Waals surface area contributed by atoms with Crippen molar-refractivity contribution in [2.45, 2.75) is 25.6 Å². The lowest BCUT2D eigenvalue weighted by Crippen LogP contribution is -2.15. The fraction of sp³-hybridized carbons (Fsp3) is 0.261. The molecule has 12 heteroatoms. The number of hydrogen-bond donors (Lipinski definition) is 1. The molecular formula is C23H19F3N4O3S2. The van der Waals surface area contributed by atoms with Gasteiger partial charge >= 0.3 is 6.18 Å². The molecule has 1 amide bonds. The summed E-state index contributed by atoms with van der Waals surface area (Å²) < 4.78 is 65.1. The molecule has 182 valence electrons. The highest BCUT2D eigenvalue weighted by Crippen LogP contribution is 2.34. The van der Waals surface area contributed by atoms with E-state index in [2.05, 4.69) is 10.4 Å². The highest BCUT2D eigenvalue weighted by atomic mass is 32.2. The summed E-state index contributed by atoms with van der Waals surface area (Å²) in [6.07, 6.45) is -4.16. The largest absolute Gasteiger partial charge is 0.416 e. The Hall–Kier alpha value is -3.25. The molecule has 3 aromatic heterocycles. The molecule has 0 bridgehead atoms. The molecule has 1 atom stereocenters. The van der Waals surface area contributed by atoms with Crippen LogP contribution in [0.4, 0.5) is 18.9 Å². The lowest BCUT2D eigenvalue weighted by molar-refractivity contribution is -0.137. The van der Waals surface area contributed by atoms with Crippen LogP contribution in [0.1, 0.15) is 34.1 Å². The number of rotatable bonds is 4. The molecule has 4 heterocycles. The fourth-order valence-corrected chi connectivity index (χ4v) is 6.62. The van der Waals surface area contributed by atoms with Gasteiger partial charge in [0.15, 0.2) is 15.5 Å². The van der Waals surface area contributed by atoms with Crippen molar-refractivity contribution in [1.82, 2.24) is 14.8 Å². The van der Waals surface area contributed by atoms with Gasteiger partial charge in [0.05, 0.1) is 50.3 Å². The maximum atomic E-state index is 13.3. The Labute approximate surface area is 202 Å². The monoisotopic (exact) mass is 520 g/mol. The second kappa shape index (κ2) is 8.45. The highest BCUT2D eigenvalue weighted by Gasteiger charge is 2.33. The summed E-state index contributed by atoms with van der Waals surface area (Å²) in [5.41, 5.74) is 0.651. The molecule has 1 unspecified atom stereocenters. The first-order valence-electron chi connectivity index (χ1n) is 10.6. The second-order valence-corrected chi connectivity index (χ2v) is 11.5. The zero-order valence-electron chi connectivity index (χ0n) is 18.3. The van der Waals surface area contributed by atoms with Crippen molar-refractivity contribution in [1.29, 1.82) is 0 Å². The minimum atomic E-state index is -4.55. The summed E-state index contributed by atoms with van der Waals surface area (Å²) in [6.45, 7) is 1.69. The number of halogens is 3. The first-order valence-corrected chi connectivity index (χ1v) is 13.3. The molecular weight excluding hydrogens is 501 g/mol. The lowest BCUT2D eigenvalue weighted by Gasteiger charge is -2.13. The number of thiophene rings is 1. The Morgan fingerprint density at radius 1 is 1.20 bits per heavy atom. The molecule has 5 rings (SSSR count). The average molecular weight is 521 g/mol. The Morgan fingerprint density at radius 2 is 2.00 bits per heavy atom. The van der Waals surface area contributed by atoms with E-state index in [1.807, 2.05) is 17.5 Å². The number of nitrogens with zero attached hydrogens (tertiary/aromatic N) is 3. The molecule has 35 heavy (non-hydrogen) atoms. The van der Waals surface area contributed by atoms with Crippen molar-refractivity contribution in [3.8, 4) is 10.6 Å². The number of carbonyl (C=O) groups excluding carboxylic acids is 1. The molecule has 0 aliphatic carbocycles. The fourth-order valence-electron chi connectivity index (χ4n) is 4.24. The van der Waals surface area contributed by atoms with E-state index in [0.29, 0.717) is 28.8 Å². The summed E-state index contributed by atoms with van der Waals surface area (Å²) in [7, 11) is -3.20. The molecule has 7 nitrogen and oxygen atoms in total. The predicted octanol–water partition coefficient (Wildman–Crippen LogP) is 5.10. The third-order valence-corrected chi connectivity index (χ3v) is 8.50. The van der Waals surface area contributed by atoms with E-state index >= 15 is 0 Å². The Morgan fingerprint density at radius 3 is 2.66 bits per heavy atom. The minimum absolute atomic E-state index is 0.000563. The van der Waals surface area contributed by atoms with Crippen LogP contribution < -0.4 is 5.32 Å². The van der Waals surface area contributed by atoms with Crippen LogP contribution >= 0.6 is 11.3 Å². The van der Waals surface area contributed by atoms with E-state index in [0.717, 1.165) is 17.0 Å². The molecule has 1 saturated heterocycles. The van der Waals surface area contributed by atoms with Crippen LogP contribution in [-0.4, -0.2) is 40.6 Å². The quantitative estimate of drug-likeness (QED) is 0.404. The number of nitrogens with one attached hydrogen (secondary N) is 1. The SMILES string of the molecule is Cc1nn(C2CCS(=O)(=O)C2)c2nc(-c3cccs3)cc(C(=O)Nc3cccc(C(F)(F)F)c3)c12. The van der Waals surface area contributed by atoms with Gasteiger partial charge in [0, 0.05) is 5.69 Å². The second-order valence-electron chi connectivity index (χ2n) is 8.35. The van der Waals surface area contributed by atoms with E-state index in [4.69, 9.17) is 4.98 Å². The Bertz CT molecular complexity index is 1540. The smallest absolute Gasteiger partial charge is 0.322 e. The summed E-state index contributed by atoms with van der Waals surface area (Å²) >= 11 is 1.41. The molecule has 0 saturated carbocycles. The average Bonchev–Trinajstić information content (AvgIpc) is 3.52. The van der Waals surface area contributed by atoms with E-state index in [1.54, 1.807) is 17.7 Å². The first-order chi connectivity index (χ1) is 16.5. The molecule has 4 aromatic rings. The van der Waals surface area contributed by atoms with Crippen molar-refractivity contribution < 1.29 is 26.4 Å². The van der Waals surface area contributed by atoms with E-state index in [1.165, 1.54) is 23.5 Å². The number of hydrogen-bond acceptors (Lipinski definition) is 6. The zero-order chi connectivity index (χ0) is 25.0. The van der Waals surface area contributed by atoms with Gasteiger partial charge in [-0.05, 0) is 49.1 Å². The van der Waals surface area contributed by atoms with Gasteiger partial charge in [-0.15, -0.1) is 11.3 Å². The van der Waals surface area contributed by atoms with Gasteiger partial charge in [-0.2, -0.15) is 18.3 Å². The number of aromatic nitrogens is 3. The zero-order valence-corrected chi connectivity index (χ0v) is 20.0. The van der Waals surface area contributed by atoms with Gasteiger partial charge < -0.3 is 5.32 Å². The summed E-state index contributed by atoms with van der Waals surface area (Å²) in [5, 5.41) is 9.37. The van der Waals surface area contributed by atoms with Gasteiger partial charge in [0.25, 0.3) is 5.91 Å². The summed E-state index contributed by atoms with van der Waals surface area (Å²) in [6, 6.07) is 9.24. The number of fused-ring (bicyclic) bond motifs is 1. The normalized spacial score (nSPS) is 17.7. The standard InChI is InChI=1S/C23H19F3N4O3S2/c1-13-20-17(22(31)27-15-5-2-4-14(10-15)23(24,25)26)11-18(19-6-3-8-34-19)28-21(20)30(29-13)16-7-9-35(32,33)12-16/h2-6,8,10-11,16H,7,9,12H2,1H3,(H,27,31). The molecule has 0 spiro atoms. The first kappa shape index (κ1) is 23.5. The van der Waals surface area contributed by atoms with Crippen LogP contribution in [-0.2, 0) is 16.0 Å². The number of sulfone groups is 1. The third kappa shape index (κ3) is 4.55. The maximum absolute atomic E-state index is 13.3. The molecule has 1 aliphatic heterocycles. The van der Waals surface area contributed by atoms with Crippen LogP contribution in [0.25, 0.3) is 21.6 Å². The molecule has 1 fully saturated rings. The number of benzene rings is 1. The number of alkyl halides is 3. The number of anilines is 1. The Balaban J connectivity index is 1.62. The number of pyridine rings is 1. The van der Waals surface area contributed by atoms with Crippen molar-refractivity contribution in [2.24, 2.45) is 0 Å². The van der Waals surface area contributed by atoms with Gasteiger partial charge in [-0.1, -0.05) is 12.1 Å². The van der Waals surface area contributed by atoms with Crippen LogP contribution in [0.5, 0.6) is 0 Å². The summed E-state index contributed by atoms with van der Waals surface area (Å²) in [5.74, 6) is -0.637. The van der Waals surface area contributed by atoms with Crippen LogP contribution in [0, 0.1) is 6.92 Å². The Kier molecular flexibility index (Phi) is 5.67. The minimum Gasteiger partial charge on any atom is -0.322 e. The van der Waals surface area contributed by atoms with Gasteiger partial charge in [0.1, 0.15) is 0 Å². The summed E-state index contributed by atoms with van der Waals surface area (Å²) in [4.78, 5) is 18.8. The van der Waals surface area contributed by atoms with Gasteiger partial charge in [-0.25, -0.2) is 18.1 Å². The lowest BCUT2D eigenvalue weighted by atomic mass is 10.1. The van der Waals surface area contributed by atoms with E-state index in [9.17, 15) is 26.4 Å². The van der Waals surface area contributed by atoms with E-state index < -0.39 is 33.5 Å². The topological polar surface area (TPSA) is 93.9 Å². The molecule has 1 aliphatic rings. The molecule has 1 aromatic carbocycles. The van der Waals surface area contributed by atoms with E-state index in [-0.39, 0.29) is 22.8 Å². The van der Waals surface area contributed by atoms with Crippen molar-refractivity contribution in [3.63, 3.8) is 0 Å². The van der Waals surface area contributed by atoms with Gasteiger partial charge in [-0.3, -0.25) is 4.79 Å². The third-order valence-electron chi connectivity index (χ3n) is 5.86. The predicted molar refractivity (Wildman–Crippen MR) is 127 cm³/mol. The molecule has 0 radical (unpaired) electrons. The van der Waals surface area contributed by atoms with Crippen molar-refractivity contribution >= 4 is 43.8 Å². The van der Waals surface area contributed by atoms with Crippen LogP contribution in [0.2, 0.25) is 0 Å². The van der Waals surface area contributed by atoms with Crippen LogP contribution in [0.3, 0.4) is 0 Å². The van der Waals surface area contributed by atoms with Crippen molar-refractivity contribution in [3.05, 3.63) is 64.7 Å². The number of aryl methyl sites for hydroxylation is 1. The molecule has 1 N–H and O–H groups in total. The van der Waals surface area contributed by atoms with Crippen molar-refractivity contribution in [2.75, 3.05) is 16.8 Å². The number of carbonyl (C=O) groups is 1. The van der Waals surface area contributed by atoms with Gasteiger partial charge in [0.2, 0.25) is 0 Å².